The number of amides is 1. The molecule has 1 aliphatic carbocycles. The third kappa shape index (κ3) is 3.45. The summed E-state index contributed by atoms with van der Waals surface area (Å²) in [5.74, 6) is 0.653. The Balaban J connectivity index is 2.00. The normalized spacial score (nSPS) is 18.3. The van der Waals surface area contributed by atoms with Crippen molar-refractivity contribution >= 4 is 17.7 Å². The maximum absolute atomic E-state index is 11.3. The molecule has 0 bridgehead atoms. The lowest BCUT2D eigenvalue weighted by molar-refractivity contribution is 0.0147. The van der Waals surface area contributed by atoms with Crippen LogP contribution in [-0.2, 0) is 11.2 Å². The van der Waals surface area contributed by atoms with Crippen molar-refractivity contribution in [2.75, 3.05) is 7.11 Å². The number of halogens is 1. The van der Waals surface area contributed by atoms with E-state index in [2.05, 4.69) is 19.9 Å². The molecule has 0 saturated heterocycles. The number of hydrogen-bond donors (Lipinski definition) is 1. The van der Waals surface area contributed by atoms with E-state index >= 15 is 0 Å². The summed E-state index contributed by atoms with van der Waals surface area (Å²) < 4.78 is 10.6. The summed E-state index contributed by atoms with van der Waals surface area (Å²) in [6.07, 6.45) is 0.780. The molecule has 4 nitrogen and oxygen atoms in total. The Morgan fingerprint density at radius 3 is 2.52 bits per heavy atom. The van der Waals surface area contributed by atoms with Gasteiger partial charge in [-0.05, 0) is 47.2 Å². The zero-order valence-corrected chi connectivity index (χ0v) is 15.4. The average molecular weight is 360 g/mol. The third-order valence-electron chi connectivity index (χ3n) is 4.89. The Morgan fingerprint density at radius 2 is 1.88 bits per heavy atom. The van der Waals surface area contributed by atoms with E-state index < -0.39 is 6.09 Å². The van der Waals surface area contributed by atoms with Gasteiger partial charge in [0.2, 0.25) is 0 Å². The first kappa shape index (κ1) is 17.6. The first-order valence-corrected chi connectivity index (χ1v) is 8.62. The van der Waals surface area contributed by atoms with Gasteiger partial charge in [0.15, 0.2) is 0 Å². The van der Waals surface area contributed by atoms with Crippen molar-refractivity contribution < 1.29 is 14.3 Å². The summed E-state index contributed by atoms with van der Waals surface area (Å²) in [5.41, 5.74) is 9.42. The predicted octanol–water partition coefficient (Wildman–Crippen LogP) is 5.12. The van der Waals surface area contributed by atoms with Gasteiger partial charge in [0, 0.05) is 5.41 Å². The maximum atomic E-state index is 11.3. The molecule has 1 aliphatic rings. The minimum atomic E-state index is -0.739. The first-order valence-electron chi connectivity index (χ1n) is 8.24. The van der Waals surface area contributed by atoms with Crippen molar-refractivity contribution in [3.05, 3.63) is 52.5 Å². The Morgan fingerprint density at radius 1 is 1.20 bits per heavy atom. The fraction of sp³-hybridized carbons (Fsp3) is 0.350. The molecule has 5 heteroatoms. The molecule has 3 rings (SSSR count). The molecule has 1 atom stereocenters. The van der Waals surface area contributed by atoms with Crippen molar-refractivity contribution in [1.29, 1.82) is 0 Å². The van der Waals surface area contributed by atoms with Gasteiger partial charge in [-0.3, -0.25) is 0 Å². The fourth-order valence-electron chi connectivity index (χ4n) is 3.45. The summed E-state index contributed by atoms with van der Waals surface area (Å²) >= 11 is 6.24. The molecule has 0 fully saturated rings. The Bertz CT molecular complexity index is 817. The number of primary amides is 1. The molecule has 2 aromatic carbocycles. The highest BCUT2D eigenvalue weighted by molar-refractivity contribution is 6.32. The van der Waals surface area contributed by atoms with Gasteiger partial charge in [-0.25, -0.2) is 4.79 Å². The molecular formula is C20H22ClNO3. The highest BCUT2D eigenvalue weighted by atomic mass is 35.5. The van der Waals surface area contributed by atoms with Crippen LogP contribution in [0.2, 0.25) is 5.02 Å². The molecule has 25 heavy (non-hydrogen) atoms. The molecule has 1 amide bonds. The second kappa shape index (κ2) is 6.60. The van der Waals surface area contributed by atoms with Crippen molar-refractivity contribution in [1.82, 2.24) is 0 Å². The standard InChI is InChI=1S/C20H22ClNO3/c1-20(2)9-8-14-10-12(4-6-15(14)18(20)25-19(22)23)13-5-7-17(24-3)16(21)11-13/h4-7,10-11,18H,8-9H2,1-3H3,(H2,22,23). The van der Waals surface area contributed by atoms with Crippen LogP contribution in [0.5, 0.6) is 5.75 Å². The second-order valence-electron chi connectivity index (χ2n) is 7.07. The van der Waals surface area contributed by atoms with E-state index in [9.17, 15) is 4.79 Å². The number of fused-ring (bicyclic) bond motifs is 1. The lowest BCUT2D eigenvalue weighted by Crippen LogP contribution is -2.33. The topological polar surface area (TPSA) is 61.6 Å². The SMILES string of the molecule is COc1ccc(-c2ccc3c(c2)CCC(C)(C)C3OC(N)=O)cc1Cl. The number of methoxy groups -OCH3 is 1. The lowest BCUT2D eigenvalue weighted by Gasteiger charge is -2.39. The van der Waals surface area contributed by atoms with Crippen LogP contribution in [0.15, 0.2) is 36.4 Å². The van der Waals surface area contributed by atoms with Gasteiger partial charge in [0.1, 0.15) is 11.9 Å². The average Bonchev–Trinajstić information content (AvgIpc) is 2.57. The third-order valence-corrected chi connectivity index (χ3v) is 5.19. The van der Waals surface area contributed by atoms with Crippen molar-refractivity contribution in [3.8, 4) is 16.9 Å². The van der Waals surface area contributed by atoms with Crippen LogP contribution in [0.4, 0.5) is 4.79 Å². The summed E-state index contributed by atoms with van der Waals surface area (Å²) in [6.45, 7) is 4.20. The van der Waals surface area contributed by atoms with Gasteiger partial charge in [0.05, 0.1) is 12.1 Å². The Labute approximate surface area is 152 Å². The molecule has 0 aromatic heterocycles. The van der Waals surface area contributed by atoms with Crippen molar-refractivity contribution in [2.45, 2.75) is 32.8 Å². The van der Waals surface area contributed by atoms with Crippen LogP contribution in [0.25, 0.3) is 11.1 Å². The molecule has 2 aromatic rings. The summed E-state index contributed by atoms with van der Waals surface area (Å²) in [5, 5.41) is 0.578. The molecule has 0 spiro atoms. The number of carbonyl (C=O) groups excluding carboxylic acids is 1. The zero-order valence-electron chi connectivity index (χ0n) is 14.6. The van der Waals surface area contributed by atoms with Crippen molar-refractivity contribution in [2.24, 2.45) is 11.1 Å². The van der Waals surface area contributed by atoms with Gasteiger partial charge in [-0.15, -0.1) is 0 Å². The van der Waals surface area contributed by atoms with E-state index in [0.29, 0.717) is 10.8 Å². The van der Waals surface area contributed by atoms with Crippen LogP contribution in [0.3, 0.4) is 0 Å². The molecule has 0 aliphatic heterocycles. The van der Waals surface area contributed by atoms with Crippen LogP contribution in [-0.4, -0.2) is 13.2 Å². The Kier molecular flexibility index (Phi) is 4.65. The predicted molar refractivity (Wildman–Crippen MR) is 99.0 cm³/mol. The number of hydrogen-bond acceptors (Lipinski definition) is 3. The number of carbonyl (C=O) groups is 1. The number of nitrogens with two attached hydrogens (primary N) is 1. The number of ether oxygens (including phenoxy) is 2. The van der Waals surface area contributed by atoms with E-state index in [-0.39, 0.29) is 11.5 Å². The molecule has 0 saturated carbocycles. The van der Waals surface area contributed by atoms with E-state index in [1.807, 2.05) is 30.3 Å². The monoisotopic (exact) mass is 359 g/mol. The molecule has 0 radical (unpaired) electrons. The largest absolute Gasteiger partial charge is 0.495 e. The Hall–Kier alpha value is -2.20. The first-order chi connectivity index (χ1) is 11.8. The van der Waals surface area contributed by atoms with E-state index in [1.54, 1.807) is 7.11 Å². The van der Waals surface area contributed by atoms with E-state index in [0.717, 1.165) is 29.5 Å². The van der Waals surface area contributed by atoms with Crippen LogP contribution in [0.1, 0.15) is 37.5 Å². The van der Waals surface area contributed by atoms with Gasteiger partial charge in [-0.2, -0.15) is 0 Å². The minimum Gasteiger partial charge on any atom is -0.495 e. The highest BCUT2D eigenvalue weighted by Crippen LogP contribution is 2.46. The fourth-order valence-corrected chi connectivity index (χ4v) is 3.71. The minimum absolute atomic E-state index is 0.146. The van der Waals surface area contributed by atoms with Gasteiger partial charge < -0.3 is 15.2 Å². The smallest absolute Gasteiger partial charge is 0.405 e. The number of aryl methyl sites for hydroxylation is 1. The number of benzene rings is 2. The second-order valence-corrected chi connectivity index (χ2v) is 7.48. The molecule has 132 valence electrons. The number of rotatable bonds is 3. The van der Waals surface area contributed by atoms with Gasteiger partial charge in [-0.1, -0.05) is 49.7 Å². The zero-order chi connectivity index (χ0) is 18.2. The summed E-state index contributed by atoms with van der Waals surface area (Å²) in [4.78, 5) is 11.3. The highest BCUT2D eigenvalue weighted by Gasteiger charge is 2.38. The molecular weight excluding hydrogens is 338 g/mol. The summed E-state index contributed by atoms with van der Waals surface area (Å²) in [6, 6.07) is 11.9. The van der Waals surface area contributed by atoms with Crippen LogP contribution >= 0.6 is 11.6 Å². The molecule has 1 unspecified atom stereocenters. The quantitative estimate of drug-likeness (QED) is 0.826. The molecule has 2 N–H and O–H groups in total. The van der Waals surface area contributed by atoms with Crippen LogP contribution < -0.4 is 10.5 Å². The van der Waals surface area contributed by atoms with E-state index in [1.165, 1.54) is 5.56 Å². The van der Waals surface area contributed by atoms with Crippen LogP contribution in [0, 0.1) is 5.41 Å². The van der Waals surface area contributed by atoms with Gasteiger partial charge >= 0.3 is 6.09 Å². The van der Waals surface area contributed by atoms with Gasteiger partial charge in [0.25, 0.3) is 0 Å². The molecule has 0 heterocycles. The summed E-state index contributed by atoms with van der Waals surface area (Å²) in [7, 11) is 1.60. The maximum Gasteiger partial charge on any atom is 0.405 e. The van der Waals surface area contributed by atoms with Crippen molar-refractivity contribution in [3.63, 3.8) is 0 Å². The van der Waals surface area contributed by atoms with E-state index in [4.69, 9.17) is 26.8 Å². The lowest BCUT2D eigenvalue weighted by atomic mass is 9.71.